The van der Waals surface area contributed by atoms with Crippen LogP contribution in [0.2, 0.25) is 0 Å². The highest BCUT2D eigenvalue weighted by molar-refractivity contribution is 5.96. The van der Waals surface area contributed by atoms with Gasteiger partial charge in [-0.15, -0.1) is 0 Å². The van der Waals surface area contributed by atoms with E-state index in [9.17, 15) is 9.59 Å². The van der Waals surface area contributed by atoms with Crippen molar-refractivity contribution < 1.29 is 9.59 Å². The lowest BCUT2D eigenvalue weighted by atomic mass is 9.75. The largest absolute Gasteiger partial charge is 0.326 e. The number of nitrogens with zero attached hydrogens (tertiary/aromatic N) is 1. The number of amides is 2. The lowest BCUT2D eigenvalue weighted by Crippen LogP contribution is -2.48. The van der Waals surface area contributed by atoms with E-state index in [1.165, 1.54) is 0 Å². The molecule has 1 aliphatic carbocycles. The molecule has 0 unspecified atom stereocenters. The van der Waals surface area contributed by atoms with E-state index in [1.807, 2.05) is 24.3 Å². The molecule has 1 aromatic carbocycles. The summed E-state index contributed by atoms with van der Waals surface area (Å²) >= 11 is 0. The predicted molar refractivity (Wildman–Crippen MR) is 82.0 cm³/mol. The lowest BCUT2D eigenvalue weighted by Gasteiger charge is -2.37. The molecule has 3 rings (SSSR count). The molecule has 0 bridgehead atoms. The molecule has 1 saturated heterocycles. The van der Waals surface area contributed by atoms with Gasteiger partial charge in [-0.05, 0) is 49.9 Å². The second-order valence-corrected chi connectivity index (χ2v) is 6.14. The molecular formula is C16H21N3O2. The maximum Gasteiger partial charge on any atom is 0.227 e. The number of hydrogen-bond acceptors (Lipinski definition) is 3. The van der Waals surface area contributed by atoms with Gasteiger partial charge in [0.05, 0.1) is 0 Å². The number of nitrogens with one attached hydrogen (secondary N) is 1. The van der Waals surface area contributed by atoms with E-state index < -0.39 is 0 Å². The molecular weight excluding hydrogens is 266 g/mol. The minimum Gasteiger partial charge on any atom is -0.326 e. The van der Waals surface area contributed by atoms with Crippen molar-refractivity contribution in [3.05, 3.63) is 24.3 Å². The molecule has 0 aromatic heterocycles. The zero-order chi connectivity index (χ0) is 14.9. The fourth-order valence-electron chi connectivity index (χ4n) is 2.98. The summed E-state index contributed by atoms with van der Waals surface area (Å²) in [5, 5.41) is 2.87. The number of hydrogen-bond donors (Lipinski definition) is 2. The predicted octanol–water partition coefficient (Wildman–Crippen LogP) is 2.02. The normalized spacial score (nSPS) is 20.2. The van der Waals surface area contributed by atoms with Crippen molar-refractivity contribution in [1.82, 2.24) is 0 Å². The van der Waals surface area contributed by atoms with Gasteiger partial charge in [-0.1, -0.05) is 0 Å². The van der Waals surface area contributed by atoms with Crippen LogP contribution in [0.5, 0.6) is 0 Å². The summed E-state index contributed by atoms with van der Waals surface area (Å²) in [6.07, 6.45) is 4.88. The second kappa shape index (κ2) is 5.48. The molecule has 1 aromatic rings. The first-order valence-corrected chi connectivity index (χ1v) is 7.55. The number of anilines is 2. The molecule has 2 amide bonds. The van der Waals surface area contributed by atoms with E-state index in [-0.39, 0.29) is 17.4 Å². The number of carbonyl (C=O) groups is 2. The summed E-state index contributed by atoms with van der Waals surface area (Å²) < 4.78 is 0. The lowest BCUT2D eigenvalue weighted by molar-refractivity contribution is -0.118. The Morgan fingerprint density at radius 3 is 2.48 bits per heavy atom. The third-order valence-electron chi connectivity index (χ3n) is 4.40. The number of benzene rings is 1. The van der Waals surface area contributed by atoms with Crippen molar-refractivity contribution in [2.45, 2.75) is 44.1 Å². The van der Waals surface area contributed by atoms with Crippen LogP contribution in [0.4, 0.5) is 11.4 Å². The van der Waals surface area contributed by atoms with Gasteiger partial charge in [-0.3, -0.25) is 9.59 Å². The zero-order valence-electron chi connectivity index (χ0n) is 12.1. The maximum atomic E-state index is 12.0. The molecule has 2 aliphatic rings. The summed E-state index contributed by atoms with van der Waals surface area (Å²) in [7, 11) is 0. The van der Waals surface area contributed by atoms with Crippen LogP contribution < -0.4 is 16.0 Å². The van der Waals surface area contributed by atoms with E-state index in [4.69, 9.17) is 5.73 Å². The van der Waals surface area contributed by atoms with Gasteiger partial charge in [0.25, 0.3) is 0 Å². The summed E-state index contributed by atoms with van der Waals surface area (Å²) in [5.74, 6) is 0.129. The van der Waals surface area contributed by atoms with Gasteiger partial charge >= 0.3 is 0 Å². The molecule has 21 heavy (non-hydrogen) atoms. The average molecular weight is 287 g/mol. The summed E-state index contributed by atoms with van der Waals surface area (Å²) in [5.41, 5.74) is 7.42. The van der Waals surface area contributed by atoms with Gasteiger partial charge in [-0.25, -0.2) is 0 Å². The van der Waals surface area contributed by atoms with Crippen molar-refractivity contribution >= 4 is 23.2 Å². The van der Waals surface area contributed by atoms with Crippen LogP contribution in [0.25, 0.3) is 0 Å². The zero-order valence-corrected chi connectivity index (χ0v) is 12.1. The summed E-state index contributed by atoms with van der Waals surface area (Å²) in [4.78, 5) is 25.4. The highest BCUT2D eigenvalue weighted by atomic mass is 16.2. The molecule has 3 N–H and O–H groups in total. The fraction of sp³-hybridized carbons (Fsp3) is 0.500. The highest BCUT2D eigenvalue weighted by Gasteiger charge is 2.34. The number of nitrogens with two attached hydrogens (primary N) is 1. The quantitative estimate of drug-likeness (QED) is 0.889. The van der Waals surface area contributed by atoms with E-state index in [0.29, 0.717) is 12.8 Å². The van der Waals surface area contributed by atoms with E-state index in [0.717, 1.165) is 43.6 Å². The molecule has 0 spiro atoms. The van der Waals surface area contributed by atoms with Crippen LogP contribution in [0, 0.1) is 0 Å². The van der Waals surface area contributed by atoms with Crippen molar-refractivity contribution in [3.63, 3.8) is 0 Å². The average Bonchev–Trinajstić information content (AvgIpc) is 2.84. The molecule has 5 heteroatoms. The summed E-state index contributed by atoms with van der Waals surface area (Å²) in [6, 6.07) is 7.42. The monoisotopic (exact) mass is 287 g/mol. The van der Waals surface area contributed by atoms with E-state index in [1.54, 1.807) is 4.90 Å². The Kier molecular flexibility index (Phi) is 3.68. The minimum atomic E-state index is -0.300. The van der Waals surface area contributed by atoms with Gasteiger partial charge in [0.1, 0.15) is 0 Å². The van der Waals surface area contributed by atoms with E-state index in [2.05, 4.69) is 5.32 Å². The number of carbonyl (C=O) groups excluding carboxylic acids is 2. The maximum absolute atomic E-state index is 12.0. The Hall–Kier alpha value is -1.88. The van der Waals surface area contributed by atoms with Crippen molar-refractivity contribution in [2.75, 3.05) is 16.8 Å². The molecule has 0 atom stereocenters. The standard InChI is InChI=1S/C16H21N3O2/c17-16(8-2-9-16)11-14(20)18-12-4-6-13(7-5-12)19-10-1-3-15(19)21/h4-7H,1-3,8-11,17H2,(H,18,20). The molecule has 1 saturated carbocycles. The van der Waals surface area contributed by atoms with Crippen LogP contribution in [-0.2, 0) is 9.59 Å². The Morgan fingerprint density at radius 2 is 1.95 bits per heavy atom. The van der Waals surface area contributed by atoms with Crippen molar-refractivity contribution in [3.8, 4) is 0 Å². The molecule has 5 nitrogen and oxygen atoms in total. The Labute approximate surface area is 124 Å². The second-order valence-electron chi connectivity index (χ2n) is 6.14. The van der Waals surface area contributed by atoms with Crippen molar-refractivity contribution in [2.24, 2.45) is 5.73 Å². The smallest absolute Gasteiger partial charge is 0.227 e. The Bertz CT molecular complexity index is 549. The molecule has 1 aliphatic heterocycles. The first kappa shape index (κ1) is 14.1. The topological polar surface area (TPSA) is 75.4 Å². The van der Waals surface area contributed by atoms with Crippen molar-refractivity contribution in [1.29, 1.82) is 0 Å². The Morgan fingerprint density at radius 1 is 1.24 bits per heavy atom. The third-order valence-corrected chi connectivity index (χ3v) is 4.40. The first-order chi connectivity index (χ1) is 10.1. The SMILES string of the molecule is NC1(CC(=O)Nc2ccc(N3CCCC3=O)cc2)CCC1. The van der Waals surface area contributed by atoms with E-state index >= 15 is 0 Å². The fourth-order valence-corrected chi connectivity index (χ4v) is 2.98. The molecule has 112 valence electrons. The van der Waals surface area contributed by atoms with Gasteiger partial charge in [0, 0.05) is 36.3 Å². The minimum absolute atomic E-state index is 0.0396. The van der Waals surface area contributed by atoms with Gasteiger partial charge in [0.15, 0.2) is 0 Å². The summed E-state index contributed by atoms with van der Waals surface area (Å²) in [6.45, 7) is 0.778. The van der Waals surface area contributed by atoms with Crippen LogP contribution >= 0.6 is 0 Å². The van der Waals surface area contributed by atoms with Gasteiger partial charge in [0.2, 0.25) is 11.8 Å². The van der Waals surface area contributed by atoms with Crippen LogP contribution in [0.15, 0.2) is 24.3 Å². The number of rotatable bonds is 4. The van der Waals surface area contributed by atoms with Crippen LogP contribution in [0.1, 0.15) is 38.5 Å². The van der Waals surface area contributed by atoms with Gasteiger partial charge in [-0.2, -0.15) is 0 Å². The van der Waals surface area contributed by atoms with Crippen LogP contribution in [0.3, 0.4) is 0 Å². The highest BCUT2D eigenvalue weighted by Crippen LogP contribution is 2.32. The molecule has 2 fully saturated rings. The first-order valence-electron chi connectivity index (χ1n) is 7.55. The molecule has 0 radical (unpaired) electrons. The Balaban J connectivity index is 1.59. The molecule has 1 heterocycles. The van der Waals surface area contributed by atoms with Gasteiger partial charge < -0.3 is 16.0 Å². The third kappa shape index (κ3) is 3.08. The van der Waals surface area contributed by atoms with Crippen LogP contribution in [-0.4, -0.2) is 23.9 Å².